The zero-order valence-electron chi connectivity index (χ0n) is 10.9. The van der Waals surface area contributed by atoms with Crippen molar-refractivity contribution in [1.82, 2.24) is 0 Å². The molecule has 0 aliphatic carbocycles. The average molecular weight is 260 g/mol. The van der Waals surface area contributed by atoms with Crippen molar-refractivity contribution >= 4 is 17.3 Å². The van der Waals surface area contributed by atoms with Gasteiger partial charge < -0.3 is 4.90 Å². The van der Waals surface area contributed by atoms with Gasteiger partial charge in [0.15, 0.2) is 0 Å². The molecule has 0 fully saturated rings. The van der Waals surface area contributed by atoms with Crippen LogP contribution in [-0.2, 0) is 12.4 Å². The number of hydrogen-bond donors (Lipinski definition) is 0. The molecule has 0 atom stereocenters. The van der Waals surface area contributed by atoms with Gasteiger partial charge >= 0.3 is 0 Å². The largest absolute Gasteiger partial charge is 0.370 e. The maximum absolute atomic E-state index is 5.85. The third-order valence-electron chi connectivity index (χ3n) is 3.09. The van der Waals surface area contributed by atoms with E-state index in [1.54, 1.807) is 0 Å². The Bertz CT molecular complexity index is 508. The van der Waals surface area contributed by atoms with Crippen molar-refractivity contribution in [3.05, 3.63) is 65.2 Å². The third kappa shape index (κ3) is 3.05. The molecule has 0 heterocycles. The lowest BCUT2D eigenvalue weighted by Crippen LogP contribution is -2.17. The van der Waals surface area contributed by atoms with E-state index in [1.165, 1.54) is 22.4 Å². The number of benzene rings is 2. The first kappa shape index (κ1) is 13.0. The van der Waals surface area contributed by atoms with Crippen molar-refractivity contribution in [2.24, 2.45) is 0 Å². The number of halogens is 1. The minimum Gasteiger partial charge on any atom is -0.370 e. The van der Waals surface area contributed by atoms with Crippen LogP contribution < -0.4 is 4.90 Å². The fourth-order valence-corrected chi connectivity index (χ4v) is 2.34. The molecule has 0 N–H and O–H groups in total. The topological polar surface area (TPSA) is 3.24 Å². The second kappa shape index (κ2) is 5.92. The van der Waals surface area contributed by atoms with Gasteiger partial charge in [0.05, 0.1) is 0 Å². The first-order chi connectivity index (χ1) is 8.70. The van der Waals surface area contributed by atoms with Gasteiger partial charge in [0.1, 0.15) is 0 Å². The molecule has 1 nitrogen and oxygen atoms in total. The van der Waals surface area contributed by atoms with Crippen LogP contribution in [0.2, 0.25) is 0 Å². The molecular formula is C16H18ClN. The zero-order chi connectivity index (χ0) is 13.0. The minimum absolute atomic E-state index is 0.573. The Kier molecular flexibility index (Phi) is 4.27. The van der Waals surface area contributed by atoms with E-state index in [9.17, 15) is 0 Å². The number of anilines is 1. The normalized spacial score (nSPS) is 10.4. The lowest BCUT2D eigenvalue weighted by atomic mass is 10.1. The van der Waals surface area contributed by atoms with Crippen molar-refractivity contribution in [3.8, 4) is 0 Å². The maximum Gasteiger partial charge on any atom is 0.0474 e. The molecule has 0 amide bonds. The molecule has 0 spiro atoms. The van der Waals surface area contributed by atoms with Crippen LogP contribution in [0.25, 0.3) is 0 Å². The Morgan fingerprint density at radius 3 is 2.33 bits per heavy atom. The summed E-state index contributed by atoms with van der Waals surface area (Å²) < 4.78 is 0. The molecule has 0 aliphatic rings. The Balaban J connectivity index is 2.16. The van der Waals surface area contributed by atoms with Crippen molar-refractivity contribution in [2.45, 2.75) is 19.3 Å². The van der Waals surface area contributed by atoms with Crippen LogP contribution in [-0.4, -0.2) is 7.05 Å². The van der Waals surface area contributed by atoms with Gasteiger partial charge in [-0.2, -0.15) is 0 Å². The Morgan fingerprint density at radius 1 is 1.00 bits per heavy atom. The van der Waals surface area contributed by atoms with E-state index in [2.05, 4.69) is 61.3 Å². The van der Waals surface area contributed by atoms with E-state index in [1.807, 2.05) is 6.07 Å². The summed E-state index contributed by atoms with van der Waals surface area (Å²) >= 11 is 5.85. The lowest BCUT2D eigenvalue weighted by Gasteiger charge is -2.22. The Morgan fingerprint density at radius 2 is 1.72 bits per heavy atom. The van der Waals surface area contributed by atoms with Crippen LogP contribution in [0.3, 0.4) is 0 Å². The monoisotopic (exact) mass is 259 g/mol. The summed E-state index contributed by atoms with van der Waals surface area (Å²) in [7, 11) is 2.12. The van der Waals surface area contributed by atoms with E-state index in [4.69, 9.17) is 11.6 Å². The van der Waals surface area contributed by atoms with E-state index in [0.29, 0.717) is 5.88 Å². The number of nitrogens with zero attached hydrogens (tertiary/aromatic N) is 1. The molecule has 0 radical (unpaired) electrons. The highest BCUT2D eigenvalue weighted by Gasteiger charge is 2.05. The van der Waals surface area contributed by atoms with E-state index < -0.39 is 0 Å². The number of alkyl halides is 1. The van der Waals surface area contributed by atoms with E-state index >= 15 is 0 Å². The van der Waals surface area contributed by atoms with Crippen LogP contribution in [0.4, 0.5) is 5.69 Å². The van der Waals surface area contributed by atoms with Gasteiger partial charge in [-0.25, -0.2) is 0 Å². The summed E-state index contributed by atoms with van der Waals surface area (Å²) in [5.74, 6) is 0.573. The van der Waals surface area contributed by atoms with Gasteiger partial charge in [0.2, 0.25) is 0 Å². The average Bonchev–Trinajstić information content (AvgIpc) is 2.39. The number of rotatable bonds is 4. The number of aryl methyl sites for hydroxylation is 1. The predicted octanol–water partition coefficient (Wildman–Crippen LogP) is 4.37. The van der Waals surface area contributed by atoms with Crippen LogP contribution in [0.1, 0.15) is 16.7 Å². The fourth-order valence-electron chi connectivity index (χ4n) is 2.17. The number of hydrogen-bond acceptors (Lipinski definition) is 1. The summed E-state index contributed by atoms with van der Waals surface area (Å²) in [6.45, 7) is 3.05. The summed E-state index contributed by atoms with van der Waals surface area (Å²) in [5, 5.41) is 0. The third-order valence-corrected chi connectivity index (χ3v) is 3.40. The Labute approximate surface area is 114 Å². The molecule has 0 saturated heterocycles. The predicted molar refractivity (Wildman–Crippen MR) is 79.3 cm³/mol. The summed E-state index contributed by atoms with van der Waals surface area (Å²) in [6, 6.07) is 16.9. The van der Waals surface area contributed by atoms with Gasteiger partial charge in [-0.3, -0.25) is 0 Å². The second-order valence-electron chi connectivity index (χ2n) is 4.60. The summed E-state index contributed by atoms with van der Waals surface area (Å²) in [6.07, 6.45) is 0. The SMILES string of the molecule is Cc1cc(CCl)ccc1N(C)Cc1ccccc1. The van der Waals surface area contributed by atoms with E-state index in [-0.39, 0.29) is 0 Å². The molecule has 0 saturated carbocycles. The van der Waals surface area contributed by atoms with Gasteiger partial charge in [0, 0.05) is 25.2 Å². The smallest absolute Gasteiger partial charge is 0.0474 e. The highest BCUT2D eigenvalue weighted by molar-refractivity contribution is 6.17. The molecular weight excluding hydrogens is 242 g/mol. The molecule has 18 heavy (non-hydrogen) atoms. The lowest BCUT2D eigenvalue weighted by molar-refractivity contribution is 0.916. The van der Waals surface area contributed by atoms with Crippen molar-refractivity contribution in [2.75, 3.05) is 11.9 Å². The quantitative estimate of drug-likeness (QED) is 0.737. The molecule has 2 rings (SSSR count). The van der Waals surface area contributed by atoms with Crippen LogP contribution in [0.5, 0.6) is 0 Å². The van der Waals surface area contributed by atoms with Crippen LogP contribution >= 0.6 is 11.6 Å². The molecule has 0 aliphatic heterocycles. The molecule has 2 aromatic rings. The highest BCUT2D eigenvalue weighted by Crippen LogP contribution is 2.22. The van der Waals surface area contributed by atoms with Gasteiger partial charge in [-0.15, -0.1) is 11.6 Å². The second-order valence-corrected chi connectivity index (χ2v) is 4.86. The van der Waals surface area contributed by atoms with Crippen molar-refractivity contribution in [1.29, 1.82) is 0 Å². The van der Waals surface area contributed by atoms with E-state index in [0.717, 1.165) is 6.54 Å². The van der Waals surface area contributed by atoms with Crippen molar-refractivity contribution < 1.29 is 0 Å². The van der Waals surface area contributed by atoms with Gasteiger partial charge in [-0.05, 0) is 29.7 Å². The molecule has 2 heteroatoms. The molecule has 94 valence electrons. The minimum atomic E-state index is 0.573. The molecule has 0 aromatic heterocycles. The zero-order valence-corrected chi connectivity index (χ0v) is 11.6. The summed E-state index contributed by atoms with van der Waals surface area (Å²) in [5.41, 5.74) is 5.02. The maximum atomic E-state index is 5.85. The van der Waals surface area contributed by atoms with Crippen molar-refractivity contribution in [3.63, 3.8) is 0 Å². The molecule has 0 bridgehead atoms. The fraction of sp³-hybridized carbons (Fsp3) is 0.250. The molecule has 0 unspecified atom stereocenters. The van der Waals surface area contributed by atoms with Gasteiger partial charge in [0.25, 0.3) is 0 Å². The van der Waals surface area contributed by atoms with Crippen LogP contribution in [0.15, 0.2) is 48.5 Å². The molecule has 2 aromatic carbocycles. The standard InChI is InChI=1S/C16H18ClN/c1-13-10-15(11-17)8-9-16(13)18(2)12-14-6-4-3-5-7-14/h3-10H,11-12H2,1-2H3. The first-order valence-electron chi connectivity index (χ1n) is 6.11. The van der Waals surface area contributed by atoms with Gasteiger partial charge in [-0.1, -0.05) is 42.5 Å². The Hall–Kier alpha value is -1.47. The highest BCUT2D eigenvalue weighted by atomic mass is 35.5. The first-order valence-corrected chi connectivity index (χ1v) is 6.64. The summed E-state index contributed by atoms with van der Waals surface area (Å²) in [4.78, 5) is 2.27. The van der Waals surface area contributed by atoms with Crippen LogP contribution in [0, 0.1) is 6.92 Å².